The largest absolute Gasteiger partial charge is 0.289 e. The third kappa shape index (κ3) is 3.31. The van der Waals surface area contributed by atoms with Gasteiger partial charge >= 0.3 is 0 Å². The van der Waals surface area contributed by atoms with Gasteiger partial charge in [0.25, 0.3) is 5.91 Å². The molecule has 1 aromatic carbocycles. The minimum absolute atomic E-state index is 0.0108. The van der Waals surface area contributed by atoms with E-state index in [-0.39, 0.29) is 16.4 Å². The lowest BCUT2D eigenvalue weighted by Crippen LogP contribution is -2.36. The number of nitrogens with zero attached hydrogens (tertiary/aromatic N) is 3. The summed E-state index contributed by atoms with van der Waals surface area (Å²) in [5.74, 6) is 0.118. The number of H-pyrrole nitrogens is 1. The van der Waals surface area contributed by atoms with Crippen molar-refractivity contribution in [1.82, 2.24) is 19.5 Å². The second-order valence-corrected chi connectivity index (χ2v) is 7.57. The summed E-state index contributed by atoms with van der Waals surface area (Å²) in [6, 6.07) is 6.20. The maximum atomic E-state index is 12.9. The molecule has 1 amide bonds. The quantitative estimate of drug-likeness (QED) is 0.870. The molecule has 1 aliphatic heterocycles. The van der Waals surface area contributed by atoms with Crippen molar-refractivity contribution in [2.75, 3.05) is 18.4 Å². The number of aromatic amines is 1. The summed E-state index contributed by atoms with van der Waals surface area (Å²) in [5.41, 5.74) is 0.0885. The summed E-state index contributed by atoms with van der Waals surface area (Å²) in [6.45, 7) is 2.67. The smallest absolute Gasteiger partial charge is 0.259 e. The number of anilines is 1. The molecule has 128 valence electrons. The minimum atomic E-state index is -3.70. The number of rotatable bonds is 4. The number of benzene rings is 1. The maximum Gasteiger partial charge on any atom is 0.259 e. The summed E-state index contributed by atoms with van der Waals surface area (Å²) in [7, 11) is -3.70. The predicted molar refractivity (Wildman–Crippen MR) is 88.1 cm³/mol. The van der Waals surface area contributed by atoms with Gasteiger partial charge in [0.05, 0.1) is 10.5 Å². The molecule has 24 heavy (non-hydrogen) atoms. The minimum Gasteiger partial charge on any atom is -0.289 e. The fraction of sp³-hybridized carbons (Fsp3) is 0.400. The van der Waals surface area contributed by atoms with Gasteiger partial charge in [-0.25, -0.2) is 8.42 Å². The zero-order chi connectivity index (χ0) is 17.2. The number of sulfonamides is 1. The lowest BCUT2D eigenvalue weighted by Gasteiger charge is -2.26. The predicted octanol–water partition coefficient (Wildman–Crippen LogP) is 1.54. The highest BCUT2D eigenvalue weighted by molar-refractivity contribution is 7.89. The van der Waals surface area contributed by atoms with Crippen molar-refractivity contribution in [3.05, 3.63) is 35.7 Å². The first-order valence-corrected chi connectivity index (χ1v) is 9.22. The number of piperidine rings is 1. The number of carbonyl (C=O) groups excluding carboxylic acids is 1. The lowest BCUT2D eigenvalue weighted by atomic mass is 10.2. The van der Waals surface area contributed by atoms with E-state index in [0.717, 1.165) is 19.3 Å². The van der Waals surface area contributed by atoms with Gasteiger partial charge in [0.15, 0.2) is 0 Å². The second kappa shape index (κ2) is 6.70. The Labute approximate surface area is 140 Å². The van der Waals surface area contributed by atoms with Crippen LogP contribution in [0, 0.1) is 6.92 Å². The van der Waals surface area contributed by atoms with Crippen molar-refractivity contribution in [3.8, 4) is 0 Å². The van der Waals surface area contributed by atoms with E-state index in [2.05, 4.69) is 20.5 Å². The Morgan fingerprint density at radius 2 is 1.92 bits per heavy atom. The number of aromatic nitrogens is 3. The molecule has 1 fully saturated rings. The van der Waals surface area contributed by atoms with Crippen LogP contribution < -0.4 is 5.32 Å². The van der Waals surface area contributed by atoms with Crippen molar-refractivity contribution in [1.29, 1.82) is 0 Å². The number of amides is 1. The van der Waals surface area contributed by atoms with Crippen LogP contribution in [0.5, 0.6) is 0 Å². The number of hydrogen-bond acceptors (Lipinski definition) is 5. The zero-order valence-corrected chi connectivity index (χ0v) is 14.1. The van der Waals surface area contributed by atoms with Crippen LogP contribution in [0.15, 0.2) is 29.2 Å². The molecule has 0 spiro atoms. The van der Waals surface area contributed by atoms with Gasteiger partial charge in [-0.1, -0.05) is 18.6 Å². The fourth-order valence-electron chi connectivity index (χ4n) is 2.69. The van der Waals surface area contributed by atoms with Crippen molar-refractivity contribution in [2.24, 2.45) is 0 Å². The summed E-state index contributed by atoms with van der Waals surface area (Å²) >= 11 is 0. The van der Waals surface area contributed by atoms with Crippen molar-refractivity contribution >= 4 is 21.9 Å². The highest BCUT2D eigenvalue weighted by Crippen LogP contribution is 2.24. The van der Waals surface area contributed by atoms with E-state index in [4.69, 9.17) is 0 Å². The van der Waals surface area contributed by atoms with Gasteiger partial charge in [-0.05, 0) is 31.9 Å². The van der Waals surface area contributed by atoms with Crippen LogP contribution in [-0.2, 0) is 10.0 Å². The molecular formula is C15H19N5O3S. The monoisotopic (exact) mass is 349 g/mol. The topological polar surface area (TPSA) is 108 Å². The summed E-state index contributed by atoms with van der Waals surface area (Å²) in [6.07, 6.45) is 2.70. The van der Waals surface area contributed by atoms with Gasteiger partial charge < -0.3 is 0 Å². The first kappa shape index (κ1) is 16.6. The Morgan fingerprint density at radius 3 is 2.58 bits per heavy atom. The van der Waals surface area contributed by atoms with Gasteiger partial charge in [0.1, 0.15) is 5.82 Å². The first-order chi connectivity index (χ1) is 11.5. The molecule has 2 N–H and O–H groups in total. The van der Waals surface area contributed by atoms with Crippen LogP contribution in [0.2, 0.25) is 0 Å². The van der Waals surface area contributed by atoms with Crippen LogP contribution in [-0.4, -0.2) is 46.9 Å². The van der Waals surface area contributed by atoms with Crippen molar-refractivity contribution in [3.63, 3.8) is 0 Å². The Hall–Kier alpha value is -2.26. The van der Waals surface area contributed by atoms with E-state index in [9.17, 15) is 13.2 Å². The highest BCUT2D eigenvalue weighted by atomic mass is 32.2. The highest BCUT2D eigenvalue weighted by Gasteiger charge is 2.29. The average molecular weight is 349 g/mol. The molecule has 9 heteroatoms. The van der Waals surface area contributed by atoms with Crippen molar-refractivity contribution in [2.45, 2.75) is 31.1 Å². The van der Waals surface area contributed by atoms with Gasteiger partial charge in [0.2, 0.25) is 16.0 Å². The van der Waals surface area contributed by atoms with Gasteiger partial charge in [-0.2, -0.15) is 9.29 Å². The molecule has 0 saturated carbocycles. The molecule has 2 heterocycles. The molecule has 0 atom stereocenters. The van der Waals surface area contributed by atoms with Crippen LogP contribution in [0.25, 0.3) is 0 Å². The zero-order valence-electron chi connectivity index (χ0n) is 13.3. The van der Waals surface area contributed by atoms with Crippen molar-refractivity contribution < 1.29 is 13.2 Å². The second-order valence-electron chi connectivity index (χ2n) is 5.66. The van der Waals surface area contributed by atoms with Gasteiger partial charge in [-0.15, -0.1) is 5.10 Å². The first-order valence-electron chi connectivity index (χ1n) is 7.78. The van der Waals surface area contributed by atoms with E-state index in [0.29, 0.717) is 18.9 Å². The van der Waals surface area contributed by atoms with E-state index < -0.39 is 15.9 Å². The molecule has 0 aliphatic carbocycles. The molecule has 0 unspecified atom stereocenters. The molecule has 8 nitrogen and oxygen atoms in total. The van der Waals surface area contributed by atoms with E-state index in [1.807, 2.05) is 0 Å². The number of hydrogen-bond donors (Lipinski definition) is 2. The number of carbonyl (C=O) groups is 1. The van der Waals surface area contributed by atoms with Crippen LogP contribution in [0.1, 0.15) is 35.4 Å². The SMILES string of the molecule is Cc1nc(NC(=O)c2ccccc2S(=O)(=O)N2CCCCC2)n[nH]1. The molecule has 0 bridgehead atoms. The van der Waals surface area contributed by atoms with Gasteiger partial charge in [-0.3, -0.25) is 15.2 Å². The van der Waals surface area contributed by atoms with E-state index in [1.54, 1.807) is 19.1 Å². The Morgan fingerprint density at radius 1 is 1.21 bits per heavy atom. The standard InChI is InChI=1S/C15H19N5O3S/c1-11-16-15(19-18-11)17-14(21)12-7-3-4-8-13(12)24(22,23)20-9-5-2-6-10-20/h3-4,7-8H,2,5-6,9-10H2,1H3,(H2,16,17,18,19,21). The van der Waals surface area contributed by atoms with E-state index >= 15 is 0 Å². The molecule has 1 aromatic heterocycles. The molecular weight excluding hydrogens is 330 g/mol. The van der Waals surface area contributed by atoms with Crippen LogP contribution in [0.3, 0.4) is 0 Å². The summed E-state index contributed by atoms with van der Waals surface area (Å²) in [5, 5.41) is 8.97. The molecule has 1 aliphatic rings. The third-order valence-corrected chi connectivity index (χ3v) is 5.84. The molecule has 0 radical (unpaired) electrons. The molecule has 1 saturated heterocycles. The third-order valence-electron chi connectivity index (χ3n) is 3.89. The average Bonchev–Trinajstić information content (AvgIpc) is 3.00. The number of aryl methyl sites for hydroxylation is 1. The lowest BCUT2D eigenvalue weighted by molar-refractivity contribution is 0.102. The Kier molecular flexibility index (Phi) is 4.63. The van der Waals surface area contributed by atoms with Gasteiger partial charge in [0, 0.05) is 13.1 Å². The Bertz CT molecular complexity index is 840. The van der Waals surface area contributed by atoms with E-state index in [1.165, 1.54) is 16.4 Å². The summed E-state index contributed by atoms with van der Waals surface area (Å²) < 4.78 is 27.2. The number of nitrogens with one attached hydrogen (secondary N) is 2. The molecule has 2 aromatic rings. The van der Waals surface area contributed by atoms with Crippen LogP contribution in [0.4, 0.5) is 5.95 Å². The molecule has 3 rings (SSSR count). The van der Waals surface area contributed by atoms with Crippen LogP contribution >= 0.6 is 0 Å². The fourth-order valence-corrected chi connectivity index (χ4v) is 4.40. The summed E-state index contributed by atoms with van der Waals surface area (Å²) in [4.78, 5) is 16.5. The maximum absolute atomic E-state index is 12.9. The Balaban J connectivity index is 1.91. The normalized spacial score (nSPS) is 16.0.